The Labute approximate surface area is 775 Å². The van der Waals surface area contributed by atoms with Crippen LogP contribution >= 0.6 is 45.2 Å². The number of nitrogens with zero attached hydrogens (tertiary/aromatic N) is 10. The standard InChI is InChI=1S/C33H48N6O4.C20H28BF3N2O3.C19H29IN4O3.C10H20N2O2.C9H10FIN2O/c1-7-24-10-12-38(21-24)30(40)34-26-9-8-23(2)27(20-26)25-18-28(37-14-16-42-17-15-37)35-29(19-25)39-13-11-33(6,22-39)36-31(41)43-32(3,4)5;1-13-6-7-15(10-16(13)21-28-18(2,3)19(4,5)29-21)25-17(27)26-9-8-14(12-26)11-20(22,23)24;1-18(2,3)27-17(25)22-19(4)5-6-24(13-19)16-12-14(20)11-15(21-16)23-7-9-26-10-8-23;1-9(2,3)14-8(13)12-10(4)5-6-11-7-10;10-8-5-7(11)6-9(12-8)13-1-3-14-4-2-13/h8-9,18-20,24H,7,10-17,21-22H2,1-6H3,(H,34,40)(H,36,41);6-7,10,14H,8-9,11-12H2,1-5H3,(H,25,27);11-12H,5-10,13H2,1-4H3,(H,22,25);11H,5-7H2,1-4H3,(H,12,13);5-6H,1-4H2/t24-,33+;14-;19-;10-;/m1000./s1. The first kappa shape index (κ1) is 101. The average Bonchev–Trinajstić information content (AvgIpc) is 1.65. The Morgan fingerprint density at radius 2 is 0.898 bits per heavy atom. The maximum absolute atomic E-state index is 13.1. The molecule has 36 heteroatoms. The largest absolute Gasteiger partial charge is 0.495 e. The lowest BCUT2D eigenvalue weighted by atomic mass is 9.76. The Bertz CT molecular complexity index is 4520. The van der Waals surface area contributed by atoms with Crippen LogP contribution in [-0.4, -0.2) is 257 Å². The molecule has 7 amide bonds. The first-order valence-corrected chi connectivity index (χ1v) is 46.5. The summed E-state index contributed by atoms with van der Waals surface area (Å²) in [6.07, 6.45) is -1.04. The molecule has 5 aromatic rings. The second-order valence-corrected chi connectivity index (χ2v) is 41.6. The predicted molar refractivity (Wildman–Crippen MR) is 507 cm³/mol. The van der Waals surface area contributed by atoms with Gasteiger partial charge in [-0.15, -0.1) is 0 Å². The van der Waals surface area contributed by atoms with Gasteiger partial charge in [-0.1, -0.05) is 31.0 Å². The van der Waals surface area contributed by atoms with Crippen molar-refractivity contribution in [3.63, 3.8) is 0 Å². The van der Waals surface area contributed by atoms with E-state index in [0.29, 0.717) is 69.9 Å². The molecule has 5 atom stereocenters. The second kappa shape index (κ2) is 43.1. The van der Waals surface area contributed by atoms with Crippen molar-refractivity contribution in [2.45, 2.75) is 227 Å². The molecule has 9 fully saturated rings. The van der Waals surface area contributed by atoms with E-state index in [0.717, 1.165) is 188 Å². The Morgan fingerprint density at radius 3 is 1.31 bits per heavy atom. The van der Waals surface area contributed by atoms with Crippen molar-refractivity contribution >= 4 is 129 Å². The maximum atomic E-state index is 13.1. The van der Waals surface area contributed by atoms with Crippen LogP contribution in [0.5, 0.6) is 0 Å². The lowest BCUT2D eigenvalue weighted by molar-refractivity contribution is -0.143. The minimum absolute atomic E-state index is 0.0379. The molecule has 0 aliphatic carbocycles. The molecule has 0 unspecified atom stereocenters. The summed E-state index contributed by atoms with van der Waals surface area (Å²) in [6, 6.07) is 22.9. The van der Waals surface area contributed by atoms with Crippen LogP contribution in [0.2, 0.25) is 0 Å². The number of halogens is 6. The van der Waals surface area contributed by atoms with Gasteiger partial charge in [0.15, 0.2) is 0 Å². The molecule has 3 aromatic heterocycles. The smallest absolute Gasteiger partial charge is 0.444 e. The van der Waals surface area contributed by atoms with Crippen LogP contribution in [0.25, 0.3) is 11.1 Å². The first-order valence-electron chi connectivity index (χ1n) is 44.4. The van der Waals surface area contributed by atoms with Gasteiger partial charge >= 0.3 is 43.6 Å². The Morgan fingerprint density at radius 1 is 0.504 bits per heavy atom. The van der Waals surface area contributed by atoms with Crippen LogP contribution in [-0.2, 0) is 37.7 Å². The van der Waals surface area contributed by atoms with E-state index in [1.54, 1.807) is 12.1 Å². The molecular weight excluding hydrogens is 1870 g/mol. The van der Waals surface area contributed by atoms with E-state index in [9.17, 15) is 41.5 Å². The molecule has 702 valence electrons. The van der Waals surface area contributed by atoms with E-state index < -0.39 is 77.2 Å². The molecule has 127 heavy (non-hydrogen) atoms. The van der Waals surface area contributed by atoms with Crippen LogP contribution in [0.4, 0.5) is 82.0 Å². The summed E-state index contributed by atoms with van der Waals surface area (Å²) < 4.78 is 97.4. The van der Waals surface area contributed by atoms with Crippen molar-refractivity contribution in [3.05, 3.63) is 97.0 Å². The van der Waals surface area contributed by atoms with Gasteiger partial charge in [0.1, 0.15) is 45.9 Å². The van der Waals surface area contributed by atoms with Crippen molar-refractivity contribution in [1.82, 2.24) is 46.0 Å². The van der Waals surface area contributed by atoms with Gasteiger partial charge in [-0.3, -0.25) is 0 Å². The minimum atomic E-state index is -4.20. The van der Waals surface area contributed by atoms with Crippen LogP contribution in [0.1, 0.15) is 174 Å². The lowest BCUT2D eigenvalue weighted by Gasteiger charge is -2.32. The van der Waals surface area contributed by atoms with Gasteiger partial charge in [-0.05, 0) is 297 Å². The number of aromatic nitrogens is 3. The fourth-order valence-corrected chi connectivity index (χ4v) is 17.2. The zero-order valence-corrected chi connectivity index (χ0v) is 82.0. The number of carbonyl (C=O) groups excluding carboxylic acids is 5. The van der Waals surface area contributed by atoms with Gasteiger partial charge in [0.2, 0.25) is 5.95 Å². The molecular formula is C91H135BF4I2N16O13. The zero-order valence-electron chi connectivity index (χ0n) is 77.7. The van der Waals surface area contributed by atoms with Gasteiger partial charge in [-0.2, -0.15) is 17.6 Å². The van der Waals surface area contributed by atoms with Crippen molar-refractivity contribution < 1.29 is 79.3 Å². The van der Waals surface area contributed by atoms with Crippen LogP contribution in [0.3, 0.4) is 0 Å². The summed E-state index contributed by atoms with van der Waals surface area (Å²) in [5, 5.41) is 18.2. The summed E-state index contributed by atoms with van der Waals surface area (Å²) in [5.41, 5.74) is 2.99. The Balaban J connectivity index is 0.000000176. The van der Waals surface area contributed by atoms with Crippen molar-refractivity contribution in [2.75, 3.05) is 179 Å². The summed E-state index contributed by atoms with van der Waals surface area (Å²) in [7, 11) is -0.556. The number of benzene rings is 2. The van der Waals surface area contributed by atoms with Gasteiger partial charge < -0.3 is 104 Å². The Hall–Kier alpha value is -7.76. The first-order chi connectivity index (χ1) is 59.4. The number of aryl methyl sites for hydroxylation is 2. The average molecular weight is 2000 g/mol. The second-order valence-electron chi connectivity index (χ2n) is 39.1. The quantitative estimate of drug-likeness (QED) is 0.0198. The number of hydrogen-bond acceptors (Lipinski definition) is 22. The molecule has 0 spiro atoms. The number of rotatable bonds is 14. The van der Waals surface area contributed by atoms with E-state index >= 15 is 0 Å². The lowest BCUT2D eigenvalue weighted by Crippen LogP contribution is -2.49. The SMILES string of the molecule is CC(C)(C)OC(=O)N[C@@]1(C)CCN(c2cc(I)cc(N3CCOCC3)n2)C1.CC(C)(C)OC(=O)N[C@@]1(C)CCNC1.CC[C@@H]1CCN(C(=O)Nc2ccc(C)c(-c3cc(N4CCOCC4)nc(N4CC[C@](C)(NC(=O)OC(C)(C)C)C4)c3)c2)C1.Cc1ccc(NC(=O)N2CC[C@@H](CC(F)(F)F)C2)cc1B1OC(C)(C)C(C)(C)O1.Fc1cc(I)cc(N2CCOCC2)n1. The highest BCUT2D eigenvalue weighted by atomic mass is 127. The highest BCUT2D eigenvalue weighted by molar-refractivity contribution is 14.1. The summed E-state index contributed by atoms with van der Waals surface area (Å²) in [6.45, 7) is 52.9. The van der Waals surface area contributed by atoms with E-state index in [1.807, 2.05) is 132 Å². The summed E-state index contributed by atoms with van der Waals surface area (Å²) in [4.78, 5) is 90.1. The van der Waals surface area contributed by atoms with Gasteiger partial charge in [-0.25, -0.2) is 38.9 Å². The van der Waals surface area contributed by atoms with E-state index in [1.165, 1.54) is 11.0 Å². The van der Waals surface area contributed by atoms with Gasteiger partial charge in [0.05, 0.1) is 67.5 Å². The molecule has 0 radical (unpaired) electrons. The third-order valence-corrected chi connectivity index (χ3v) is 25.0. The third-order valence-electron chi connectivity index (χ3n) is 23.8. The number of alkyl halides is 3. The van der Waals surface area contributed by atoms with Crippen molar-refractivity contribution in [3.8, 4) is 11.1 Å². The number of carbonyl (C=O) groups is 5. The topological polar surface area (TPSA) is 293 Å². The number of nitrogens with one attached hydrogen (secondary N) is 6. The fraction of sp³-hybridized carbons (Fsp3) is 0.648. The Kier molecular flexibility index (Phi) is 34.4. The molecule has 6 N–H and O–H groups in total. The number of alkyl carbamates (subject to hydrolysis) is 3. The zero-order chi connectivity index (χ0) is 92.8. The number of anilines is 7. The van der Waals surface area contributed by atoms with Crippen LogP contribution in [0, 0.1) is 38.8 Å². The summed E-state index contributed by atoms with van der Waals surface area (Å²) in [5.74, 6) is 4.05. The minimum Gasteiger partial charge on any atom is -0.444 e. The number of amides is 7. The van der Waals surface area contributed by atoms with Crippen LogP contribution in [0.15, 0.2) is 72.8 Å². The molecule has 12 heterocycles. The number of ether oxygens (including phenoxy) is 6. The molecule has 9 aliphatic rings. The molecule has 2 aromatic carbocycles. The van der Waals surface area contributed by atoms with Crippen LogP contribution < -0.4 is 61.9 Å². The van der Waals surface area contributed by atoms with E-state index in [4.69, 9.17) is 47.7 Å². The maximum Gasteiger partial charge on any atom is 0.495 e. The van der Waals surface area contributed by atoms with Gasteiger partial charge in [0.25, 0.3) is 0 Å². The number of pyridine rings is 3. The third kappa shape index (κ3) is 30.9. The molecule has 0 bridgehead atoms. The van der Waals surface area contributed by atoms with Crippen molar-refractivity contribution in [1.29, 1.82) is 0 Å². The molecule has 9 aliphatic heterocycles. The molecule has 9 saturated heterocycles. The van der Waals surface area contributed by atoms with E-state index in [-0.39, 0.29) is 35.8 Å². The molecule has 29 nitrogen and oxygen atoms in total. The highest BCUT2D eigenvalue weighted by Crippen LogP contribution is 2.40. The number of urea groups is 2. The monoisotopic (exact) mass is 2000 g/mol. The predicted octanol–water partition coefficient (Wildman–Crippen LogP) is 15.7. The number of hydrogen-bond donors (Lipinski definition) is 6. The molecule has 14 rings (SSSR count). The van der Waals surface area contributed by atoms with Crippen molar-refractivity contribution in [2.24, 2.45) is 11.8 Å². The fourth-order valence-electron chi connectivity index (χ4n) is 16.1. The normalized spacial score (nSPS) is 22.9. The molecule has 0 saturated carbocycles. The summed E-state index contributed by atoms with van der Waals surface area (Å²) >= 11 is 4.43. The van der Waals surface area contributed by atoms with E-state index in [2.05, 4.69) is 166 Å². The number of morpholine rings is 3. The highest BCUT2D eigenvalue weighted by Gasteiger charge is 2.52. The number of likely N-dealkylation sites (tertiary alicyclic amines) is 2. The van der Waals surface area contributed by atoms with Gasteiger partial charge in [0, 0.05) is 129 Å².